The van der Waals surface area contributed by atoms with Gasteiger partial charge in [0.2, 0.25) is 0 Å². The van der Waals surface area contributed by atoms with Crippen LogP contribution in [0.15, 0.2) is 47.1 Å². The van der Waals surface area contributed by atoms with E-state index in [1.807, 2.05) is 18.2 Å². The minimum Gasteiger partial charge on any atom is -0.463 e. The fourth-order valence-electron chi connectivity index (χ4n) is 3.41. The van der Waals surface area contributed by atoms with E-state index in [9.17, 15) is 4.79 Å². The molecule has 1 atom stereocenters. The Morgan fingerprint density at radius 3 is 2.96 bits per heavy atom. The fourth-order valence-corrected chi connectivity index (χ4v) is 3.63. The normalized spacial score (nSPS) is 16.3. The van der Waals surface area contributed by atoms with Crippen LogP contribution in [0.5, 0.6) is 0 Å². The number of carbonyl (C=O) groups is 1. The second kappa shape index (κ2) is 8.74. The number of nitrogens with zero attached hydrogens (tertiary/aromatic N) is 1. The number of aromatic nitrogens is 1. The zero-order chi connectivity index (χ0) is 17.9. The molecular weight excluding hydrogens is 385 g/mol. The summed E-state index contributed by atoms with van der Waals surface area (Å²) in [5.41, 5.74) is 1.76. The average molecular weight is 406 g/mol. The second-order valence-electron chi connectivity index (χ2n) is 6.51. The topological polar surface area (TPSA) is 67.2 Å². The van der Waals surface area contributed by atoms with Gasteiger partial charge in [-0.05, 0) is 50.1 Å². The molecule has 0 radical (unpaired) electrons. The highest BCUT2D eigenvalue weighted by Gasteiger charge is 2.18. The average Bonchev–Trinajstić information content (AvgIpc) is 3.35. The van der Waals surface area contributed by atoms with Gasteiger partial charge in [0.15, 0.2) is 5.76 Å². The largest absolute Gasteiger partial charge is 0.463 e. The fraction of sp³-hybridized carbons (Fsp3) is 0.300. The number of hydrogen-bond donors (Lipinski definition) is 2. The van der Waals surface area contributed by atoms with Gasteiger partial charge in [0.25, 0.3) is 5.91 Å². The summed E-state index contributed by atoms with van der Waals surface area (Å²) in [5, 5.41) is 7.73. The molecule has 142 valence electrons. The number of carbonyl (C=O) groups excluding carboxylic acids is 1. The summed E-state index contributed by atoms with van der Waals surface area (Å²) >= 11 is 6.32. The smallest absolute Gasteiger partial charge is 0.252 e. The van der Waals surface area contributed by atoms with Gasteiger partial charge in [-0.1, -0.05) is 23.7 Å². The Bertz CT molecular complexity index is 922. The number of benzene rings is 1. The van der Waals surface area contributed by atoms with Crippen LogP contribution in [0.4, 0.5) is 0 Å². The third-order valence-corrected chi connectivity index (χ3v) is 5.05. The van der Waals surface area contributed by atoms with E-state index in [0.717, 1.165) is 18.4 Å². The van der Waals surface area contributed by atoms with Crippen molar-refractivity contribution in [3.8, 4) is 11.5 Å². The van der Waals surface area contributed by atoms with Crippen LogP contribution in [0.3, 0.4) is 0 Å². The molecule has 1 aliphatic heterocycles. The highest BCUT2D eigenvalue weighted by atomic mass is 35.5. The van der Waals surface area contributed by atoms with E-state index in [1.54, 1.807) is 24.5 Å². The highest BCUT2D eigenvalue weighted by Crippen LogP contribution is 2.29. The Morgan fingerprint density at radius 2 is 2.22 bits per heavy atom. The number of para-hydroxylation sites is 1. The number of hydrogen-bond acceptors (Lipinski definition) is 4. The molecule has 1 aliphatic rings. The predicted octanol–water partition coefficient (Wildman–Crippen LogP) is 4.44. The molecule has 7 heteroatoms. The molecule has 3 heterocycles. The van der Waals surface area contributed by atoms with Gasteiger partial charge in [-0.3, -0.25) is 4.79 Å². The van der Waals surface area contributed by atoms with Crippen molar-refractivity contribution in [3.63, 3.8) is 0 Å². The van der Waals surface area contributed by atoms with Crippen molar-refractivity contribution in [3.05, 3.63) is 53.2 Å². The Kier molecular flexibility index (Phi) is 6.37. The molecule has 27 heavy (non-hydrogen) atoms. The molecule has 1 saturated heterocycles. The number of pyridine rings is 1. The molecule has 1 fully saturated rings. The molecule has 2 N–H and O–H groups in total. The van der Waals surface area contributed by atoms with Crippen molar-refractivity contribution in [1.82, 2.24) is 15.6 Å². The standard InChI is InChI=1S/C20H20ClN3O2.ClH/c21-16-6-1-5-14-15(20(25)23-10-8-13-4-2-9-22-13)12-17(24-19(14)16)18-7-3-11-26-18;/h1,3,5-7,11-13,22H,2,4,8-10H2,(H,23,25);1H/t13-;/m1./s1. The van der Waals surface area contributed by atoms with Crippen LogP contribution in [0.2, 0.25) is 5.02 Å². The van der Waals surface area contributed by atoms with E-state index in [2.05, 4.69) is 15.6 Å². The predicted molar refractivity (Wildman–Crippen MR) is 110 cm³/mol. The minimum absolute atomic E-state index is 0. The summed E-state index contributed by atoms with van der Waals surface area (Å²) < 4.78 is 5.45. The number of halogens is 2. The number of rotatable bonds is 5. The number of amides is 1. The molecule has 0 bridgehead atoms. The summed E-state index contributed by atoms with van der Waals surface area (Å²) in [7, 11) is 0. The van der Waals surface area contributed by atoms with E-state index in [0.29, 0.717) is 40.1 Å². The van der Waals surface area contributed by atoms with Crippen molar-refractivity contribution < 1.29 is 9.21 Å². The Morgan fingerprint density at radius 1 is 1.33 bits per heavy atom. The molecule has 0 saturated carbocycles. The van der Waals surface area contributed by atoms with Crippen LogP contribution in [-0.4, -0.2) is 30.0 Å². The maximum atomic E-state index is 12.8. The first-order valence-corrected chi connectivity index (χ1v) is 9.25. The molecule has 0 spiro atoms. The molecule has 1 aromatic carbocycles. The minimum atomic E-state index is -0.120. The maximum Gasteiger partial charge on any atom is 0.252 e. The lowest BCUT2D eigenvalue weighted by Crippen LogP contribution is -2.30. The van der Waals surface area contributed by atoms with Gasteiger partial charge in [-0.15, -0.1) is 12.4 Å². The molecule has 0 aliphatic carbocycles. The van der Waals surface area contributed by atoms with E-state index in [1.165, 1.54) is 12.8 Å². The Balaban J connectivity index is 0.00000210. The molecule has 5 nitrogen and oxygen atoms in total. The Hall–Kier alpha value is -2.08. The van der Waals surface area contributed by atoms with Gasteiger partial charge in [-0.2, -0.15) is 0 Å². The summed E-state index contributed by atoms with van der Waals surface area (Å²) in [5.74, 6) is 0.487. The molecule has 4 rings (SSSR count). The van der Waals surface area contributed by atoms with Crippen LogP contribution in [0, 0.1) is 0 Å². The molecule has 3 aromatic rings. The molecule has 1 amide bonds. The van der Waals surface area contributed by atoms with Gasteiger partial charge >= 0.3 is 0 Å². The van der Waals surface area contributed by atoms with Crippen molar-refractivity contribution in [1.29, 1.82) is 0 Å². The van der Waals surface area contributed by atoms with Gasteiger partial charge in [0.05, 0.1) is 22.4 Å². The molecule has 2 aromatic heterocycles. The van der Waals surface area contributed by atoms with E-state index < -0.39 is 0 Å². The third kappa shape index (κ3) is 4.26. The third-order valence-electron chi connectivity index (χ3n) is 4.75. The number of fused-ring (bicyclic) bond motifs is 1. The Labute approximate surface area is 168 Å². The highest BCUT2D eigenvalue weighted by molar-refractivity contribution is 6.35. The van der Waals surface area contributed by atoms with E-state index in [4.69, 9.17) is 16.0 Å². The van der Waals surface area contributed by atoms with Crippen LogP contribution in [-0.2, 0) is 0 Å². The van der Waals surface area contributed by atoms with Crippen molar-refractivity contribution in [2.45, 2.75) is 25.3 Å². The van der Waals surface area contributed by atoms with Crippen molar-refractivity contribution in [2.24, 2.45) is 0 Å². The van der Waals surface area contributed by atoms with Gasteiger partial charge in [-0.25, -0.2) is 4.98 Å². The van der Waals surface area contributed by atoms with Crippen LogP contribution in [0.1, 0.15) is 29.6 Å². The first-order valence-electron chi connectivity index (χ1n) is 8.87. The summed E-state index contributed by atoms with van der Waals surface area (Å²) in [6.45, 7) is 1.70. The lowest BCUT2D eigenvalue weighted by atomic mass is 10.1. The van der Waals surface area contributed by atoms with Crippen molar-refractivity contribution >= 4 is 40.8 Å². The first-order chi connectivity index (χ1) is 12.7. The summed E-state index contributed by atoms with van der Waals surface area (Å²) in [6, 6.07) is 11.3. The van der Waals surface area contributed by atoms with Gasteiger partial charge in [0.1, 0.15) is 5.69 Å². The zero-order valence-corrected chi connectivity index (χ0v) is 16.3. The van der Waals surface area contributed by atoms with Gasteiger partial charge < -0.3 is 15.1 Å². The van der Waals surface area contributed by atoms with E-state index in [-0.39, 0.29) is 18.3 Å². The molecular formula is C20H21Cl2N3O2. The summed E-state index contributed by atoms with van der Waals surface area (Å²) in [6.07, 6.45) is 4.90. The quantitative estimate of drug-likeness (QED) is 0.658. The SMILES string of the molecule is Cl.O=C(NCC[C@H]1CCCN1)c1cc(-c2ccco2)nc2c(Cl)cccc12. The number of furan rings is 1. The monoisotopic (exact) mass is 405 g/mol. The lowest BCUT2D eigenvalue weighted by molar-refractivity contribution is 0.0954. The maximum absolute atomic E-state index is 12.8. The lowest BCUT2D eigenvalue weighted by Gasteiger charge is -2.13. The van der Waals surface area contributed by atoms with Crippen LogP contribution < -0.4 is 10.6 Å². The van der Waals surface area contributed by atoms with Crippen molar-refractivity contribution in [2.75, 3.05) is 13.1 Å². The first kappa shape index (κ1) is 19.7. The number of nitrogens with one attached hydrogen (secondary N) is 2. The van der Waals surface area contributed by atoms with Crippen LogP contribution >= 0.6 is 24.0 Å². The molecule has 0 unspecified atom stereocenters. The zero-order valence-electron chi connectivity index (χ0n) is 14.7. The second-order valence-corrected chi connectivity index (χ2v) is 6.91. The van der Waals surface area contributed by atoms with Crippen LogP contribution in [0.25, 0.3) is 22.4 Å². The van der Waals surface area contributed by atoms with Gasteiger partial charge in [0, 0.05) is 18.0 Å². The van der Waals surface area contributed by atoms with E-state index >= 15 is 0 Å². The summed E-state index contributed by atoms with van der Waals surface area (Å²) in [4.78, 5) is 17.4.